The van der Waals surface area contributed by atoms with E-state index in [1.807, 2.05) is 0 Å². The molecule has 88 valence electrons. The third-order valence-corrected chi connectivity index (χ3v) is 3.17. The van der Waals surface area contributed by atoms with Gasteiger partial charge >= 0.3 is 0 Å². The van der Waals surface area contributed by atoms with Crippen molar-refractivity contribution in [3.05, 3.63) is 47.7 Å². The van der Waals surface area contributed by atoms with Gasteiger partial charge in [0, 0.05) is 29.3 Å². The third kappa shape index (κ3) is 2.78. The highest BCUT2D eigenvalue weighted by Crippen LogP contribution is 2.30. The van der Waals surface area contributed by atoms with Gasteiger partial charge in [0.25, 0.3) is 0 Å². The smallest absolute Gasteiger partial charge is 0.140 e. The number of aromatic nitrogens is 2. The largest absolute Gasteiger partial charge is 0.326 e. The van der Waals surface area contributed by atoms with E-state index in [1.165, 1.54) is 18.3 Å². The third-order valence-electron chi connectivity index (χ3n) is 2.09. The van der Waals surface area contributed by atoms with Crippen LogP contribution in [-0.2, 0) is 6.54 Å². The van der Waals surface area contributed by atoms with Crippen LogP contribution >= 0.6 is 11.8 Å². The molecule has 0 radical (unpaired) electrons. The van der Waals surface area contributed by atoms with E-state index in [9.17, 15) is 8.78 Å². The van der Waals surface area contributed by atoms with Crippen molar-refractivity contribution in [1.82, 2.24) is 10.2 Å². The van der Waals surface area contributed by atoms with E-state index >= 15 is 0 Å². The summed E-state index contributed by atoms with van der Waals surface area (Å²) in [6, 6.07) is 5.12. The van der Waals surface area contributed by atoms with E-state index in [0.29, 0.717) is 16.5 Å². The Morgan fingerprint density at radius 2 is 2.06 bits per heavy atom. The van der Waals surface area contributed by atoms with Gasteiger partial charge < -0.3 is 5.73 Å². The Kier molecular flexibility index (Phi) is 3.65. The fourth-order valence-corrected chi connectivity index (χ4v) is 2.12. The molecule has 0 spiro atoms. The van der Waals surface area contributed by atoms with Crippen LogP contribution in [0.1, 0.15) is 5.56 Å². The first kappa shape index (κ1) is 11.9. The quantitative estimate of drug-likeness (QED) is 0.912. The molecule has 0 aliphatic heterocycles. The molecule has 0 aliphatic carbocycles. The maximum Gasteiger partial charge on any atom is 0.140 e. The van der Waals surface area contributed by atoms with E-state index in [4.69, 9.17) is 5.73 Å². The summed E-state index contributed by atoms with van der Waals surface area (Å²) in [4.78, 5) is 0.293. The van der Waals surface area contributed by atoms with Crippen LogP contribution in [0.4, 0.5) is 8.78 Å². The molecule has 2 rings (SSSR count). The molecule has 0 bridgehead atoms. The monoisotopic (exact) mass is 253 g/mol. The summed E-state index contributed by atoms with van der Waals surface area (Å²) in [5.41, 5.74) is 6.30. The van der Waals surface area contributed by atoms with E-state index in [1.54, 1.807) is 6.07 Å². The first-order valence-corrected chi connectivity index (χ1v) is 5.66. The summed E-state index contributed by atoms with van der Waals surface area (Å²) in [7, 11) is 0. The Hall–Kier alpha value is -1.53. The predicted octanol–water partition coefficient (Wildman–Crippen LogP) is 2.36. The maximum atomic E-state index is 13.4. The molecular weight excluding hydrogens is 244 g/mol. The predicted molar refractivity (Wildman–Crippen MR) is 60.4 cm³/mol. The zero-order valence-corrected chi connectivity index (χ0v) is 9.55. The summed E-state index contributed by atoms with van der Waals surface area (Å²) < 4.78 is 26.2. The van der Waals surface area contributed by atoms with Crippen molar-refractivity contribution in [3.8, 4) is 0 Å². The van der Waals surface area contributed by atoms with Gasteiger partial charge in [-0.15, -0.1) is 5.10 Å². The van der Waals surface area contributed by atoms with Crippen LogP contribution < -0.4 is 5.73 Å². The van der Waals surface area contributed by atoms with Gasteiger partial charge in [-0.3, -0.25) is 0 Å². The minimum atomic E-state index is -0.622. The van der Waals surface area contributed by atoms with Crippen LogP contribution in [0.3, 0.4) is 0 Å². The van der Waals surface area contributed by atoms with Crippen LogP contribution in [-0.4, -0.2) is 10.2 Å². The average Bonchev–Trinajstić information content (AvgIpc) is 2.33. The van der Waals surface area contributed by atoms with Crippen molar-refractivity contribution in [2.45, 2.75) is 16.5 Å². The summed E-state index contributed by atoms with van der Waals surface area (Å²) in [5, 5.41) is 8.12. The highest BCUT2D eigenvalue weighted by Gasteiger charge is 2.09. The highest BCUT2D eigenvalue weighted by molar-refractivity contribution is 7.99. The van der Waals surface area contributed by atoms with Crippen LogP contribution in [0, 0.1) is 11.6 Å². The van der Waals surface area contributed by atoms with Crippen LogP contribution in [0.2, 0.25) is 0 Å². The van der Waals surface area contributed by atoms with Crippen molar-refractivity contribution >= 4 is 11.8 Å². The molecule has 1 heterocycles. The highest BCUT2D eigenvalue weighted by atomic mass is 32.2. The molecule has 0 atom stereocenters. The van der Waals surface area contributed by atoms with E-state index in [0.717, 1.165) is 23.4 Å². The topological polar surface area (TPSA) is 51.8 Å². The standard InChI is InChI=1S/C11H9F2N3S/c12-8-1-2-10(9(13)5-8)17-11-7(6-14)3-4-15-16-11/h1-5H,6,14H2. The van der Waals surface area contributed by atoms with Crippen LogP contribution in [0.15, 0.2) is 40.4 Å². The zero-order valence-electron chi connectivity index (χ0n) is 8.73. The maximum absolute atomic E-state index is 13.4. The Morgan fingerprint density at radius 1 is 1.24 bits per heavy atom. The number of nitrogens with zero attached hydrogens (tertiary/aromatic N) is 2. The summed E-state index contributed by atoms with van der Waals surface area (Å²) in [6.45, 7) is 0.292. The normalized spacial score (nSPS) is 10.5. The fraction of sp³-hybridized carbons (Fsp3) is 0.0909. The molecule has 6 heteroatoms. The lowest BCUT2D eigenvalue weighted by Gasteiger charge is -2.05. The van der Waals surface area contributed by atoms with Crippen molar-refractivity contribution in [2.75, 3.05) is 0 Å². The number of hydrogen-bond acceptors (Lipinski definition) is 4. The van der Waals surface area contributed by atoms with Crippen LogP contribution in [0.25, 0.3) is 0 Å². The molecule has 0 fully saturated rings. The van der Waals surface area contributed by atoms with Gasteiger partial charge in [0.2, 0.25) is 0 Å². The first-order valence-electron chi connectivity index (χ1n) is 4.84. The molecule has 3 nitrogen and oxygen atoms in total. The van der Waals surface area contributed by atoms with Gasteiger partial charge in [-0.25, -0.2) is 8.78 Å². The molecule has 0 unspecified atom stereocenters. The molecule has 1 aromatic heterocycles. The number of hydrogen-bond donors (Lipinski definition) is 1. The zero-order chi connectivity index (χ0) is 12.3. The molecular formula is C11H9F2N3S. The molecule has 0 saturated carbocycles. The Morgan fingerprint density at radius 3 is 2.76 bits per heavy atom. The van der Waals surface area contributed by atoms with Crippen LogP contribution in [0.5, 0.6) is 0 Å². The molecule has 0 saturated heterocycles. The lowest BCUT2D eigenvalue weighted by Crippen LogP contribution is -2.01. The summed E-state index contributed by atoms with van der Waals surface area (Å²) in [6.07, 6.45) is 1.52. The van der Waals surface area contributed by atoms with Gasteiger partial charge in [0.05, 0.1) is 0 Å². The summed E-state index contributed by atoms with van der Waals surface area (Å²) >= 11 is 1.08. The lowest BCUT2D eigenvalue weighted by molar-refractivity contribution is 0.565. The number of benzene rings is 1. The number of nitrogens with two attached hydrogens (primary N) is 1. The number of halogens is 2. The van der Waals surface area contributed by atoms with Gasteiger partial charge in [0.15, 0.2) is 0 Å². The first-order chi connectivity index (χ1) is 8.20. The van der Waals surface area contributed by atoms with E-state index < -0.39 is 11.6 Å². The van der Waals surface area contributed by atoms with Gasteiger partial charge in [0.1, 0.15) is 16.7 Å². The Bertz CT molecular complexity index is 534. The van der Waals surface area contributed by atoms with Crippen molar-refractivity contribution < 1.29 is 8.78 Å². The average molecular weight is 253 g/mol. The fourth-order valence-electron chi connectivity index (χ4n) is 1.25. The Balaban J connectivity index is 2.31. The molecule has 2 aromatic rings. The second-order valence-electron chi connectivity index (χ2n) is 3.24. The lowest BCUT2D eigenvalue weighted by atomic mass is 10.3. The minimum Gasteiger partial charge on any atom is -0.326 e. The molecule has 17 heavy (non-hydrogen) atoms. The number of rotatable bonds is 3. The van der Waals surface area contributed by atoms with Crippen molar-refractivity contribution in [1.29, 1.82) is 0 Å². The minimum absolute atomic E-state index is 0.292. The van der Waals surface area contributed by atoms with Crippen molar-refractivity contribution in [3.63, 3.8) is 0 Å². The summed E-state index contributed by atoms with van der Waals surface area (Å²) in [5.74, 6) is -1.23. The molecule has 1 aromatic carbocycles. The SMILES string of the molecule is NCc1ccnnc1Sc1ccc(F)cc1F. The van der Waals surface area contributed by atoms with E-state index in [2.05, 4.69) is 10.2 Å². The molecule has 2 N–H and O–H groups in total. The molecule has 0 aliphatic rings. The van der Waals surface area contributed by atoms with Gasteiger partial charge in [-0.05, 0) is 18.2 Å². The second kappa shape index (κ2) is 5.20. The molecule has 0 amide bonds. The van der Waals surface area contributed by atoms with Gasteiger partial charge in [-0.2, -0.15) is 5.10 Å². The van der Waals surface area contributed by atoms with Crippen molar-refractivity contribution in [2.24, 2.45) is 5.73 Å². The van der Waals surface area contributed by atoms with E-state index in [-0.39, 0.29) is 0 Å². The van der Waals surface area contributed by atoms with Gasteiger partial charge in [-0.1, -0.05) is 11.8 Å². The Labute approximate surface area is 101 Å². The second-order valence-corrected chi connectivity index (χ2v) is 4.27.